The molecule has 2 amide bonds. The summed E-state index contributed by atoms with van der Waals surface area (Å²) in [5.41, 5.74) is 6.22. The van der Waals surface area contributed by atoms with Gasteiger partial charge >= 0.3 is 5.97 Å². The van der Waals surface area contributed by atoms with Crippen molar-refractivity contribution in [3.8, 4) is 0 Å². The Hall–Kier alpha value is -2.86. The fourth-order valence-corrected chi connectivity index (χ4v) is 1.96. The molecule has 2 aromatic rings. The molecule has 124 valence electrons. The summed E-state index contributed by atoms with van der Waals surface area (Å²) >= 11 is 5.75. The van der Waals surface area contributed by atoms with E-state index >= 15 is 0 Å². The van der Waals surface area contributed by atoms with E-state index in [0.29, 0.717) is 21.8 Å². The molecule has 0 saturated carbocycles. The van der Waals surface area contributed by atoms with Gasteiger partial charge in [0.1, 0.15) is 0 Å². The lowest BCUT2D eigenvalue weighted by molar-refractivity contribution is -0.123. The van der Waals surface area contributed by atoms with Crippen LogP contribution in [0.1, 0.15) is 27.6 Å². The molecule has 1 atom stereocenters. The van der Waals surface area contributed by atoms with E-state index in [1.807, 2.05) is 0 Å². The average Bonchev–Trinajstić information content (AvgIpc) is 2.55. The Morgan fingerprint density at radius 2 is 1.54 bits per heavy atom. The molecule has 2 rings (SSSR count). The smallest absolute Gasteiger partial charge is 0.338 e. The van der Waals surface area contributed by atoms with Crippen LogP contribution in [-0.2, 0) is 9.53 Å². The van der Waals surface area contributed by atoms with Crippen LogP contribution in [0.3, 0.4) is 0 Å². The number of hydrogen-bond acceptors (Lipinski definition) is 4. The summed E-state index contributed by atoms with van der Waals surface area (Å²) in [5, 5.41) is 3.08. The molecule has 3 N–H and O–H groups in total. The molecule has 0 aromatic heterocycles. The van der Waals surface area contributed by atoms with Crippen molar-refractivity contribution in [1.29, 1.82) is 0 Å². The molecule has 0 heterocycles. The van der Waals surface area contributed by atoms with Crippen LogP contribution in [0.15, 0.2) is 48.5 Å². The van der Waals surface area contributed by atoms with Gasteiger partial charge in [0.2, 0.25) is 5.91 Å². The van der Waals surface area contributed by atoms with E-state index in [4.69, 9.17) is 22.1 Å². The van der Waals surface area contributed by atoms with E-state index in [2.05, 4.69) is 5.32 Å². The van der Waals surface area contributed by atoms with Crippen LogP contribution in [0.25, 0.3) is 0 Å². The first kappa shape index (κ1) is 17.5. The summed E-state index contributed by atoms with van der Waals surface area (Å²) in [7, 11) is 0. The standard InChI is InChI=1S/C17H15ClN2O4/c1-10(24-17(23)12-2-6-13(18)7-3-12)16(22)20-14-8-4-11(5-9-14)15(19)21/h2-10H,1H3,(H2,19,21)(H,20,22)/t10-/m1/s1. The number of halogens is 1. The molecule has 0 unspecified atom stereocenters. The normalized spacial score (nSPS) is 11.4. The van der Waals surface area contributed by atoms with Crippen LogP contribution in [0.4, 0.5) is 5.69 Å². The third-order valence-electron chi connectivity index (χ3n) is 3.17. The van der Waals surface area contributed by atoms with Crippen molar-refractivity contribution >= 4 is 35.1 Å². The number of rotatable bonds is 5. The van der Waals surface area contributed by atoms with E-state index < -0.39 is 23.9 Å². The van der Waals surface area contributed by atoms with Crippen LogP contribution in [-0.4, -0.2) is 23.9 Å². The first-order valence-electron chi connectivity index (χ1n) is 7.04. The van der Waals surface area contributed by atoms with Gasteiger partial charge in [-0.2, -0.15) is 0 Å². The van der Waals surface area contributed by atoms with Gasteiger partial charge in [-0.25, -0.2) is 4.79 Å². The topological polar surface area (TPSA) is 98.5 Å². The van der Waals surface area contributed by atoms with Gasteiger partial charge in [-0.15, -0.1) is 0 Å². The fraction of sp³-hybridized carbons (Fsp3) is 0.118. The van der Waals surface area contributed by atoms with Gasteiger partial charge in [-0.1, -0.05) is 11.6 Å². The third kappa shape index (κ3) is 4.57. The number of amides is 2. The predicted octanol–water partition coefficient (Wildman–Crippen LogP) is 2.62. The number of nitrogens with one attached hydrogen (secondary N) is 1. The van der Waals surface area contributed by atoms with Crippen molar-refractivity contribution in [3.05, 3.63) is 64.7 Å². The molecule has 0 fully saturated rings. The molecule has 0 aliphatic rings. The number of benzene rings is 2. The molecule has 24 heavy (non-hydrogen) atoms. The van der Waals surface area contributed by atoms with Gasteiger partial charge in [-0.05, 0) is 55.5 Å². The number of carbonyl (C=O) groups is 3. The van der Waals surface area contributed by atoms with Crippen molar-refractivity contribution in [1.82, 2.24) is 0 Å². The monoisotopic (exact) mass is 346 g/mol. The van der Waals surface area contributed by atoms with E-state index in [-0.39, 0.29) is 0 Å². The van der Waals surface area contributed by atoms with Crippen LogP contribution in [0.2, 0.25) is 5.02 Å². The summed E-state index contributed by atoms with van der Waals surface area (Å²) in [6.07, 6.45) is -0.996. The summed E-state index contributed by atoms with van der Waals surface area (Å²) < 4.78 is 5.10. The van der Waals surface area contributed by atoms with E-state index in [0.717, 1.165) is 0 Å². The number of esters is 1. The molecule has 2 aromatic carbocycles. The van der Waals surface area contributed by atoms with Crippen molar-refractivity contribution < 1.29 is 19.1 Å². The van der Waals surface area contributed by atoms with E-state index in [1.165, 1.54) is 43.3 Å². The minimum Gasteiger partial charge on any atom is -0.449 e. The Balaban J connectivity index is 1.95. The van der Waals surface area contributed by atoms with Gasteiger partial charge in [0.25, 0.3) is 5.91 Å². The summed E-state index contributed by atoms with van der Waals surface area (Å²) in [5.74, 6) is -1.68. The van der Waals surface area contributed by atoms with Gasteiger partial charge in [0.15, 0.2) is 6.10 Å². The lowest BCUT2D eigenvalue weighted by atomic mass is 10.2. The zero-order chi connectivity index (χ0) is 17.7. The SMILES string of the molecule is C[C@@H](OC(=O)c1ccc(Cl)cc1)C(=O)Nc1ccc(C(N)=O)cc1. The van der Waals surface area contributed by atoms with E-state index in [9.17, 15) is 14.4 Å². The van der Waals surface area contributed by atoms with Crippen molar-refractivity contribution in [2.75, 3.05) is 5.32 Å². The molecule has 0 aliphatic carbocycles. The Morgan fingerprint density at radius 1 is 1.00 bits per heavy atom. The number of hydrogen-bond donors (Lipinski definition) is 2. The van der Waals surface area contributed by atoms with Gasteiger partial charge in [-0.3, -0.25) is 9.59 Å². The minimum atomic E-state index is -0.996. The largest absolute Gasteiger partial charge is 0.449 e. The zero-order valence-electron chi connectivity index (χ0n) is 12.8. The molecule has 0 radical (unpaired) electrons. The number of anilines is 1. The Morgan fingerprint density at radius 3 is 2.08 bits per heavy atom. The zero-order valence-corrected chi connectivity index (χ0v) is 13.5. The maximum absolute atomic E-state index is 12.1. The molecule has 0 spiro atoms. The van der Waals surface area contributed by atoms with Crippen molar-refractivity contribution in [2.45, 2.75) is 13.0 Å². The third-order valence-corrected chi connectivity index (χ3v) is 3.42. The molecular formula is C17H15ClN2O4. The Bertz CT molecular complexity index is 757. The molecule has 0 saturated heterocycles. The molecule has 0 aliphatic heterocycles. The summed E-state index contributed by atoms with van der Waals surface area (Å²) in [6.45, 7) is 1.46. The van der Waals surface area contributed by atoms with Crippen LogP contribution in [0.5, 0.6) is 0 Å². The number of carbonyl (C=O) groups excluding carboxylic acids is 3. The maximum atomic E-state index is 12.1. The summed E-state index contributed by atoms with van der Waals surface area (Å²) in [6, 6.07) is 12.2. The first-order chi connectivity index (χ1) is 11.4. The highest BCUT2D eigenvalue weighted by atomic mass is 35.5. The second kappa shape index (κ2) is 7.61. The quantitative estimate of drug-likeness (QED) is 0.813. The summed E-state index contributed by atoms with van der Waals surface area (Å²) in [4.78, 5) is 35.0. The van der Waals surface area contributed by atoms with Crippen molar-refractivity contribution in [3.63, 3.8) is 0 Å². The van der Waals surface area contributed by atoms with E-state index in [1.54, 1.807) is 12.1 Å². The lowest BCUT2D eigenvalue weighted by Crippen LogP contribution is -2.30. The molecular weight excluding hydrogens is 332 g/mol. The molecule has 7 heteroatoms. The van der Waals surface area contributed by atoms with Crippen LogP contribution >= 0.6 is 11.6 Å². The average molecular weight is 347 g/mol. The molecule has 6 nitrogen and oxygen atoms in total. The predicted molar refractivity (Wildman–Crippen MR) is 89.9 cm³/mol. The maximum Gasteiger partial charge on any atom is 0.338 e. The highest BCUT2D eigenvalue weighted by molar-refractivity contribution is 6.30. The lowest BCUT2D eigenvalue weighted by Gasteiger charge is -2.13. The van der Waals surface area contributed by atoms with Crippen LogP contribution in [0, 0.1) is 0 Å². The Kier molecular flexibility index (Phi) is 5.55. The highest BCUT2D eigenvalue weighted by Gasteiger charge is 2.19. The van der Waals surface area contributed by atoms with Gasteiger partial charge in [0, 0.05) is 16.3 Å². The van der Waals surface area contributed by atoms with Gasteiger partial charge in [0.05, 0.1) is 5.56 Å². The number of ether oxygens (including phenoxy) is 1. The minimum absolute atomic E-state index is 0.296. The number of primary amides is 1. The number of nitrogens with two attached hydrogens (primary N) is 1. The van der Waals surface area contributed by atoms with Gasteiger partial charge < -0.3 is 15.8 Å². The molecule has 0 bridgehead atoms. The second-order valence-corrected chi connectivity index (χ2v) is 5.42. The first-order valence-corrected chi connectivity index (χ1v) is 7.42. The fourth-order valence-electron chi connectivity index (χ4n) is 1.83. The second-order valence-electron chi connectivity index (χ2n) is 4.99. The van der Waals surface area contributed by atoms with Crippen molar-refractivity contribution in [2.24, 2.45) is 5.73 Å². The van der Waals surface area contributed by atoms with Crippen LogP contribution < -0.4 is 11.1 Å². The highest BCUT2D eigenvalue weighted by Crippen LogP contribution is 2.13. The Labute approximate surface area is 143 Å².